The van der Waals surface area contributed by atoms with E-state index in [0.29, 0.717) is 71.3 Å². The molecule has 4 aliphatic rings. The lowest BCUT2D eigenvalue weighted by Gasteiger charge is -2.45. The van der Waals surface area contributed by atoms with Gasteiger partial charge in [-0.05, 0) is 70.2 Å². The number of carbonyl (C=O) groups excluding carboxylic acids is 4. The van der Waals surface area contributed by atoms with Gasteiger partial charge < -0.3 is 24.6 Å². The molecule has 4 fully saturated rings. The van der Waals surface area contributed by atoms with E-state index in [1.54, 1.807) is 18.7 Å². The number of hydrogen-bond acceptors (Lipinski definition) is 11. The maximum Gasteiger partial charge on any atom is 0.261 e. The third-order valence-electron chi connectivity index (χ3n) is 12.8. The van der Waals surface area contributed by atoms with E-state index in [-0.39, 0.29) is 41.8 Å². The van der Waals surface area contributed by atoms with Crippen LogP contribution in [0.5, 0.6) is 0 Å². The van der Waals surface area contributed by atoms with E-state index < -0.39 is 40.9 Å². The summed E-state index contributed by atoms with van der Waals surface area (Å²) < 4.78 is 37.7. The average molecular weight is 834 g/mol. The second kappa shape index (κ2) is 15.7. The number of anilines is 2. The molecule has 15 nitrogen and oxygen atoms in total. The third-order valence-corrected chi connectivity index (χ3v) is 12.8. The number of hydrogen-bond donors (Lipinski definition) is 3. The number of fused-ring (bicyclic) bond motifs is 2. The Kier molecular flexibility index (Phi) is 10.3. The minimum absolute atomic E-state index is 0.0200. The highest BCUT2D eigenvalue weighted by atomic mass is 19.1. The number of aliphatic hydroxyl groups is 1. The van der Waals surface area contributed by atoms with E-state index in [1.807, 2.05) is 34.0 Å². The number of nitrogens with one attached hydrogen (secondary N) is 2. The van der Waals surface area contributed by atoms with Crippen LogP contribution < -0.4 is 15.5 Å². The molecule has 2 aromatic carbocycles. The predicted octanol–water partition coefficient (Wildman–Crippen LogP) is 5.09. The molecule has 9 rings (SSSR count). The van der Waals surface area contributed by atoms with Gasteiger partial charge in [0.2, 0.25) is 17.7 Å². The fraction of sp³-hybridized carbons (Fsp3) is 0.432. The van der Waals surface area contributed by atoms with Crippen molar-refractivity contribution in [3.63, 3.8) is 0 Å². The topological polar surface area (TPSA) is 190 Å². The largest absolute Gasteiger partial charge is 0.462 e. The van der Waals surface area contributed by atoms with E-state index >= 15 is 8.78 Å². The minimum Gasteiger partial charge on any atom is -0.462 e. The van der Waals surface area contributed by atoms with Crippen LogP contribution >= 0.6 is 0 Å². The molecule has 1 atom stereocenters. The van der Waals surface area contributed by atoms with Gasteiger partial charge in [-0.3, -0.25) is 39.1 Å². The number of furan rings is 1. The van der Waals surface area contributed by atoms with Crippen molar-refractivity contribution in [3.05, 3.63) is 82.9 Å². The van der Waals surface area contributed by atoms with E-state index in [2.05, 4.69) is 20.5 Å². The van der Waals surface area contributed by atoms with Crippen molar-refractivity contribution in [2.24, 2.45) is 5.92 Å². The summed E-state index contributed by atoms with van der Waals surface area (Å²) in [6.45, 7) is 6.76. The zero-order chi connectivity index (χ0) is 42.7. The summed E-state index contributed by atoms with van der Waals surface area (Å²) >= 11 is 0. The third kappa shape index (κ3) is 7.70. The highest BCUT2D eigenvalue weighted by molar-refractivity contribution is 6.12. The van der Waals surface area contributed by atoms with Crippen molar-refractivity contribution >= 4 is 57.0 Å². The molecule has 0 bridgehead atoms. The van der Waals surface area contributed by atoms with Crippen LogP contribution in [0.15, 0.2) is 53.4 Å². The van der Waals surface area contributed by atoms with E-state index in [9.17, 15) is 29.5 Å². The molecule has 4 amide bonds. The Morgan fingerprint density at radius 3 is 2.36 bits per heavy atom. The van der Waals surface area contributed by atoms with Crippen molar-refractivity contribution in [1.29, 1.82) is 5.26 Å². The number of piperazine rings is 1. The minimum atomic E-state index is -1.29. The molecule has 3 aliphatic heterocycles. The maximum absolute atomic E-state index is 15.1. The van der Waals surface area contributed by atoms with Crippen molar-refractivity contribution in [1.82, 2.24) is 29.9 Å². The number of rotatable bonds is 8. The van der Waals surface area contributed by atoms with Gasteiger partial charge in [0.1, 0.15) is 35.0 Å². The Labute approximate surface area is 349 Å². The smallest absolute Gasteiger partial charge is 0.261 e. The molecule has 316 valence electrons. The molecular weight excluding hydrogens is 789 g/mol. The number of imide groups is 1. The molecule has 0 unspecified atom stereocenters. The number of pyridine rings is 1. The quantitative estimate of drug-likeness (QED) is 0.177. The van der Waals surface area contributed by atoms with Gasteiger partial charge in [0.25, 0.3) is 5.91 Å². The zero-order valence-electron chi connectivity index (χ0n) is 33.8. The van der Waals surface area contributed by atoms with Gasteiger partial charge in [-0.2, -0.15) is 10.4 Å². The summed E-state index contributed by atoms with van der Waals surface area (Å²) in [5, 5.41) is 31.1. The van der Waals surface area contributed by atoms with Crippen LogP contribution in [0.1, 0.15) is 91.4 Å². The van der Waals surface area contributed by atoms with Gasteiger partial charge in [0, 0.05) is 98.1 Å². The molecule has 1 aliphatic carbocycles. The van der Waals surface area contributed by atoms with Crippen LogP contribution in [-0.2, 0) is 20.0 Å². The fourth-order valence-corrected chi connectivity index (χ4v) is 9.37. The first kappa shape index (κ1) is 40.2. The first-order valence-electron chi connectivity index (χ1n) is 20.7. The summed E-state index contributed by atoms with van der Waals surface area (Å²) in [6, 6.07) is 10.1. The molecule has 3 saturated heterocycles. The van der Waals surface area contributed by atoms with Crippen molar-refractivity contribution in [3.8, 4) is 6.07 Å². The number of aromatic nitrogens is 3. The number of amides is 4. The molecule has 61 heavy (non-hydrogen) atoms. The Morgan fingerprint density at radius 1 is 0.984 bits per heavy atom. The maximum atomic E-state index is 15.1. The standard InChI is InChI=1S/C44H45F2N9O6/c1-44(2,60)32-17-35-25(14-36(32)49-42(58)31-23-61-37-13-24(18-47)19-48-40(31)37)22-55(51-35)28-5-3-27(4-6-28)52-9-11-53(12-10-52)43(59)26-20-54(21-26)29-15-33(45)39(34(46)16-29)30-7-8-38(56)50-41(30)57/h13-17,19,22-23,26-28,30,60H,3-12,20-21H2,1-2H3,(H,49,58)(H,50,56,57)/t27?,28?,30-/m1/s1. The lowest BCUT2D eigenvalue weighted by atomic mass is 9.89. The van der Waals surface area contributed by atoms with Gasteiger partial charge in [-0.1, -0.05) is 0 Å². The van der Waals surface area contributed by atoms with Crippen molar-refractivity contribution in [2.45, 2.75) is 76.0 Å². The lowest BCUT2D eigenvalue weighted by Crippen LogP contribution is -2.59. The summed E-state index contributed by atoms with van der Waals surface area (Å²) in [4.78, 5) is 61.0. The summed E-state index contributed by atoms with van der Waals surface area (Å²) in [6.07, 6.45) is 8.52. The number of nitrogens with zero attached hydrogens (tertiary/aromatic N) is 7. The number of halogens is 2. The average Bonchev–Trinajstić information content (AvgIpc) is 3.84. The number of nitriles is 1. The Balaban J connectivity index is 0.778. The van der Waals surface area contributed by atoms with Gasteiger partial charge in [0.15, 0.2) is 5.58 Å². The van der Waals surface area contributed by atoms with Gasteiger partial charge in [-0.15, -0.1) is 0 Å². The number of piperidine rings is 1. The molecule has 3 N–H and O–H groups in total. The summed E-state index contributed by atoms with van der Waals surface area (Å²) in [7, 11) is 0. The SMILES string of the molecule is CC(C)(O)c1cc2nn(C3CCC(N4CCN(C(=O)C5CN(c6cc(F)c([C@H]7CCC(=O)NC7=O)c(F)c6)C5)CC4)CC3)cc2cc1NC(=O)c1coc2cc(C#N)cnc12. The molecule has 5 aromatic rings. The van der Waals surface area contributed by atoms with Crippen LogP contribution in [0.2, 0.25) is 0 Å². The second-order valence-electron chi connectivity index (χ2n) is 17.2. The predicted molar refractivity (Wildman–Crippen MR) is 218 cm³/mol. The highest BCUT2D eigenvalue weighted by Crippen LogP contribution is 2.38. The summed E-state index contributed by atoms with van der Waals surface area (Å²) in [5.74, 6) is -4.57. The van der Waals surface area contributed by atoms with Gasteiger partial charge in [-0.25, -0.2) is 8.78 Å². The van der Waals surface area contributed by atoms with Gasteiger partial charge in [0.05, 0.1) is 34.6 Å². The monoisotopic (exact) mass is 833 g/mol. The molecular formula is C44H45F2N9O6. The van der Waals surface area contributed by atoms with Crippen LogP contribution in [0, 0.1) is 28.9 Å². The van der Waals surface area contributed by atoms with Crippen LogP contribution in [-0.4, -0.2) is 98.6 Å². The highest BCUT2D eigenvalue weighted by Gasteiger charge is 2.39. The zero-order valence-corrected chi connectivity index (χ0v) is 33.8. The van der Waals surface area contributed by atoms with Crippen molar-refractivity contribution in [2.75, 3.05) is 49.5 Å². The molecule has 17 heteroatoms. The second-order valence-corrected chi connectivity index (χ2v) is 17.2. The molecule has 1 saturated carbocycles. The molecule has 6 heterocycles. The normalized spacial score (nSPS) is 21.7. The molecule has 3 aromatic heterocycles. The van der Waals surface area contributed by atoms with E-state index in [1.165, 1.54) is 30.7 Å². The molecule has 0 spiro atoms. The Hall–Kier alpha value is -6.25. The van der Waals surface area contributed by atoms with Crippen LogP contribution in [0.4, 0.5) is 20.2 Å². The summed E-state index contributed by atoms with van der Waals surface area (Å²) in [5.41, 5.74) is 1.52. The fourth-order valence-electron chi connectivity index (χ4n) is 9.37. The Bertz CT molecular complexity index is 2600. The van der Waals surface area contributed by atoms with Gasteiger partial charge >= 0.3 is 0 Å². The lowest BCUT2D eigenvalue weighted by molar-refractivity contribution is -0.138. The van der Waals surface area contributed by atoms with Crippen LogP contribution in [0.25, 0.3) is 22.0 Å². The van der Waals surface area contributed by atoms with E-state index in [0.717, 1.165) is 44.2 Å². The Morgan fingerprint density at radius 2 is 1.69 bits per heavy atom. The van der Waals surface area contributed by atoms with Crippen LogP contribution in [0.3, 0.4) is 0 Å². The number of carbonyl (C=O) groups is 4. The first-order valence-corrected chi connectivity index (χ1v) is 20.7. The molecule has 0 radical (unpaired) electrons. The first-order chi connectivity index (χ1) is 29.2. The van der Waals surface area contributed by atoms with Crippen molar-refractivity contribution < 1.29 is 37.5 Å². The number of benzene rings is 2. The van der Waals surface area contributed by atoms with E-state index in [4.69, 9.17) is 9.52 Å².